The van der Waals surface area contributed by atoms with Crippen LogP contribution in [0.15, 0.2) is 148 Å². The first-order chi connectivity index (χ1) is 24.5. The van der Waals surface area contributed by atoms with Crippen molar-refractivity contribution >= 4 is 35.1 Å². The maximum absolute atomic E-state index is 6.54. The van der Waals surface area contributed by atoms with Gasteiger partial charge in [-0.25, -0.2) is 0 Å². The fourth-order valence-electron chi connectivity index (χ4n) is 5.41. The molecule has 6 rings (SSSR count). The lowest BCUT2D eigenvalue weighted by atomic mass is 10.1. The summed E-state index contributed by atoms with van der Waals surface area (Å²) in [7, 11) is 0. The fraction of sp³-hybridized carbons (Fsp3) is 0.0870. The molecule has 0 aliphatic heterocycles. The summed E-state index contributed by atoms with van der Waals surface area (Å²) in [5.41, 5.74) is 8.39. The van der Waals surface area contributed by atoms with E-state index < -0.39 is 0 Å². The van der Waals surface area contributed by atoms with Crippen molar-refractivity contribution in [2.45, 2.75) is 26.4 Å². The minimum Gasteiger partial charge on any atom is -0.489 e. The molecule has 0 N–H and O–H groups in total. The predicted octanol–water partition coefficient (Wildman–Crippen LogP) is 11.7. The third-order valence-electron chi connectivity index (χ3n) is 8.40. The van der Waals surface area contributed by atoms with Crippen LogP contribution in [0, 0.1) is 0 Å². The highest BCUT2D eigenvalue weighted by Gasteiger charge is 2.15. The lowest BCUT2D eigenvalue weighted by Crippen LogP contribution is -2.02. The highest BCUT2D eigenvalue weighted by atomic mass is 16.5. The largest absolute Gasteiger partial charge is 0.489 e. The molecular weight excluding hydrogens is 617 g/mol. The molecule has 0 unspecified atom stereocenters. The molecule has 0 aliphatic carbocycles. The molecule has 0 fully saturated rings. The summed E-state index contributed by atoms with van der Waals surface area (Å²) in [5, 5.41) is 1.71. The first-order valence-corrected chi connectivity index (χ1v) is 16.5. The van der Waals surface area contributed by atoms with Crippen molar-refractivity contribution in [3.8, 4) is 23.0 Å². The van der Waals surface area contributed by atoms with Crippen LogP contribution in [0.2, 0.25) is 0 Å². The zero-order valence-electron chi connectivity index (χ0n) is 28.1. The van der Waals surface area contributed by atoms with E-state index in [4.69, 9.17) is 18.9 Å². The van der Waals surface area contributed by atoms with Crippen molar-refractivity contribution in [1.29, 1.82) is 0 Å². The van der Waals surface area contributed by atoms with Crippen LogP contribution in [0.4, 0.5) is 0 Å². The molecule has 0 amide bonds. The fourth-order valence-corrected chi connectivity index (χ4v) is 5.41. The Kier molecular flexibility index (Phi) is 10.9. The maximum Gasteiger partial charge on any atom is 0.131 e. The monoisotopic (exact) mass is 656 g/mol. The van der Waals surface area contributed by atoms with Crippen LogP contribution < -0.4 is 18.9 Å². The highest BCUT2D eigenvalue weighted by molar-refractivity contribution is 5.95. The van der Waals surface area contributed by atoms with Crippen molar-refractivity contribution < 1.29 is 18.9 Å². The van der Waals surface area contributed by atoms with Crippen molar-refractivity contribution in [1.82, 2.24) is 0 Å². The lowest BCUT2D eigenvalue weighted by Gasteiger charge is -2.18. The molecule has 0 bridgehead atoms. The van der Waals surface area contributed by atoms with Crippen molar-refractivity contribution in [2.24, 2.45) is 0 Å². The van der Waals surface area contributed by atoms with Gasteiger partial charge in [-0.3, -0.25) is 0 Å². The van der Waals surface area contributed by atoms with Gasteiger partial charge in [0.2, 0.25) is 0 Å². The van der Waals surface area contributed by atoms with Crippen LogP contribution >= 0.6 is 0 Å². The molecule has 0 aromatic heterocycles. The molecule has 6 aromatic rings. The molecule has 248 valence electrons. The Hall–Kier alpha value is -6.26. The third kappa shape index (κ3) is 8.60. The van der Waals surface area contributed by atoms with Gasteiger partial charge in [0.05, 0.1) is 0 Å². The van der Waals surface area contributed by atoms with Gasteiger partial charge >= 0.3 is 0 Å². The van der Waals surface area contributed by atoms with Gasteiger partial charge in [-0.1, -0.05) is 148 Å². The second kappa shape index (κ2) is 16.2. The summed E-state index contributed by atoms with van der Waals surface area (Å²) in [4.78, 5) is 0. The Labute approximate surface area is 294 Å². The summed E-state index contributed by atoms with van der Waals surface area (Å²) >= 11 is 0. The summed E-state index contributed by atoms with van der Waals surface area (Å²) in [5.74, 6) is 2.65. The van der Waals surface area contributed by atoms with E-state index in [1.54, 1.807) is 0 Å². The molecule has 0 aliphatic rings. The molecule has 0 atom stereocenters. The number of hydrogen-bond acceptors (Lipinski definition) is 4. The SMILES string of the molecule is C=Cc1ccc(COc2cc(OCc3ccc(C=C)cc3)c3cc(OCc4ccc(C=C)cc4)cc(OCc4ccc(C=C)cc4)c3c2)cc1. The second-order valence-electron chi connectivity index (χ2n) is 11.9. The number of rotatable bonds is 16. The van der Waals surface area contributed by atoms with Crippen LogP contribution in [-0.4, -0.2) is 0 Å². The molecule has 4 heteroatoms. The number of fused-ring (bicyclic) bond motifs is 1. The van der Waals surface area contributed by atoms with Crippen LogP contribution in [-0.2, 0) is 26.4 Å². The normalized spacial score (nSPS) is 10.6. The Morgan fingerprint density at radius 1 is 0.340 bits per heavy atom. The van der Waals surface area contributed by atoms with Crippen molar-refractivity contribution in [3.63, 3.8) is 0 Å². The van der Waals surface area contributed by atoms with Crippen LogP contribution in [0.25, 0.3) is 35.1 Å². The Bertz CT molecular complexity index is 1940. The summed E-state index contributed by atoms with van der Waals surface area (Å²) in [6, 6.07) is 40.5. The van der Waals surface area contributed by atoms with Gasteiger partial charge in [0.25, 0.3) is 0 Å². The number of hydrogen-bond donors (Lipinski definition) is 0. The highest BCUT2D eigenvalue weighted by Crippen LogP contribution is 2.41. The average Bonchev–Trinajstić information content (AvgIpc) is 3.18. The van der Waals surface area contributed by atoms with Gasteiger partial charge in [-0.05, 0) is 56.6 Å². The van der Waals surface area contributed by atoms with E-state index in [9.17, 15) is 0 Å². The van der Waals surface area contributed by atoms with Gasteiger partial charge in [-0.15, -0.1) is 0 Å². The van der Waals surface area contributed by atoms with Gasteiger partial charge in [0.1, 0.15) is 49.4 Å². The standard InChI is InChI=1S/C46H40O4/c1-5-33-9-17-37(18-10-33)29-47-41-25-43-44(45(27-41)49-31-39-21-13-35(7-3)14-22-39)26-42(48-30-38-19-11-34(6-2)12-20-38)28-46(43)50-32-40-23-15-36(8-4)16-24-40/h5-28H,1-4,29-32H2. The van der Waals surface area contributed by atoms with E-state index in [2.05, 4.69) is 26.3 Å². The molecule has 50 heavy (non-hydrogen) atoms. The van der Waals surface area contributed by atoms with Crippen LogP contribution in [0.5, 0.6) is 23.0 Å². The summed E-state index contributed by atoms with van der Waals surface area (Å²) in [6.45, 7) is 17.0. The van der Waals surface area contributed by atoms with Gasteiger partial charge in [0, 0.05) is 22.9 Å². The molecule has 4 nitrogen and oxygen atoms in total. The van der Waals surface area contributed by atoms with Gasteiger partial charge in [-0.2, -0.15) is 0 Å². The van der Waals surface area contributed by atoms with E-state index >= 15 is 0 Å². The van der Waals surface area contributed by atoms with Crippen molar-refractivity contribution in [2.75, 3.05) is 0 Å². The zero-order chi connectivity index (χ0) is 34.7. The molecule has 6 aromatic carbocycles. The molecule has 0 radical (unpaired) electrons. The van der Waals surface area contributed by atoms with Crippen LogP contribution in [0.3, 0.4) is 0 Å². The van der Waals surface area contributed by atoms with E-state index in [-0.39, 0.29) is 0 Å². The molecule has 0 saturated heterocycles. The van der Waals surface area contributed by atoms with E-state index in [1.165, 1.54) is 0 Å². The van der Waals surface area contributed by atoms with Crippen molar-refractivity contribution in [3.05, 3.63) is 192 Å². The minimum absolute atomic E-state index is 0.367. The van der Waals surface area contributed by atoms with E-state index in [0.29, 0.717) is 49.4 Å². The van der Waals surface area contributed by atoms with E-state index in [0.717, 1.165) is 55.3 Å². The van der Waals surface area contributed by atoms with Crippen LogP contribution in [0.1, 0.15) is 44.5 Å². The first-order valence-electron chi connectivity index (χ1n) is 16.5. The lowest BCUT2D eigenvalue weighted by molar-refractivity contribution is 0.287. The summed E-state index contributed by atoms with van der Waals surface area (Å²) < 4.78 is 25.8. The topological polar surface area (TPSA) is 36.9 Å². The van der Waals surface area contributed by atoms with E-state index in [1.807, 2.05) is 146 Å². The third-order valence-corrected chi connectivity index (χ3v) is 8.40. The molecular formula is C46H40O4. The Morgan fingerprint density at radius 2 is 0.600 bits per heavy atom. The first kappa shape index (κ1) is 33.6. The zero-order valence-corrected chi connectivity index (χ0v) is 28.1. The minimum atomic E-state index is 0.367. The quantitative estimate of drug-likeness (QED) is 0.104. The molecule has 0 saturated carbocycles. The predicted molar refractivity (Wildman–Crippen MR) is 207 cm³/mol. The van der Waals surface area contributed by atoms with Gasteiger partial charge in [0.15, 0.2) is 0 Å². The average molecular weight is 657 g/mol. The Balaban J connectivity index is 1.37. The number of benzene rings is 6. The number of ether oxygens (including phenoxy) is 4. The van der Waals surface area contributed by atoms with Gasteiger partial charge < -0.3 is 18.9 Å². The molecule has 0 spiro atoms. The maximum atomic E-state index is 6.54. The Morgan fingerprint density at radius 3 is 0.860 bits per heavy atom. The summed E-state index contributed by atoms with van der Waals surface area (Å²) in [6.07, 6.45) is 7.31. The second-order valence-corrected chi connectivity index (χ2v) is 11.9. The smallest absolute Gasteiger partial charge is 0.131 e. The molecule has 0 heterocycles.